The SMILES string of the molecule is Ic1cccc2c1SC1C3C4=C(CCC=C4)SC3c3ccccc3[C@@H]21. The average molecular weight is 472 g/mol. The summed E-state index contributed by atoms with van der Waals surface area (Å²) in [6, 6.07) is 16.2. The van der Waals surface area contributed by atoms with Crippen molar-refractivity contribution in [1.29, 1.82) is 0 Å². The molecule has 0 aromatic heterocycles. The summed E-state index contributed by atoms with van der Waals surface area (Å²) in [6.45, 7) is 0. The Hall–Kier alpha value is -0.650. The Morgan fingerprint density at radius 3 is 2.68 bits per heavy atom. The van der Waals surface area contributed by atoms with Crippen LogP contribution in [0.1, 0.15) is 40.7 Å². The van der Waals surface area contributed by atoms with Gasteiger partial charge in [0.15, 0.2) is 0 Å². The predicted molar refractivity (Wildman–Crippen MR) is 116 cm³/mol. The summed E-state index contributed by atoms with van der Waals surface area (Å²) in [7, 11) is 0. The van der Waals surface area contributed by atoms with Crippen LogP contribution in [0.2, 0.25) is 0 Å². The van der Waals surface area contributed by atoms with E-state index in [1.807, 2.05) is 0 Å². The summed E-state index contributed by atoms with van der Waals surface area (Å²) < 4.78 is 1.42. The summed E-state index contributed by atoms with van der Waals surface area (Å²) in [4.78, 5) is 3.20. The van der Waals surface area contributed by atoms with Gasteiger partial charge in [-0.1, -0.05) is 48.6 Å². The first-order valence-electron chi connectivity index (χ1n) is 8.93. The second kappa shape index (κ2) is 5.67. The Morgan fingerprint density at radius 1 is 0.920 bits per heavy atom. The molecule has 2 aromatic rings. The lowest BCUT2D eigenvalue weighted by Gasteiger charge is -2.38. The van der Waals surface area contributed by atoms with Crippen LogP contribution in [0.25, 0.3) is 0 Å². The highest BCUT2D eigenvalue weighted by Gasteiger charge is 2.52. The minimum absolute atomic E-state index is 0.551. The van der Waals surface area contributed by atoms with E-state index in [0.717, 1.165) is 0 Å². The molecule has 0 spiro atoms. The van der Waals surface area contributed by atoms with Gasteiger partial charge in [0.05, 0.1) is 0 Å². The average Bonchev–Trinajstić information content (AvgIpc) is 3.21. The normalized spacial score (nSPS) is 31.2. The highest BCUT2D eigenvalue weighted by Crippen LogP contribution is 2.67. The van der Waals surface area contributed by atoms with E-state index in [-0.39, 0.29) is 0 Å². The molecule has 3 heteroatoms. The van der Waals surface area contributed by atoms with E-state index in [9.17, 15) is 0 Å². The quantitative estimate of drug-likeness (QED) is 0.382. The highest BCUT2D eigenvalue weighted by atomic mass is 127. The first kappa shape index (κ1) is 15.4. The van der Waals surface area contributed by atoms with Crippen LogP contribution in [0, 0.1) is 9.49 Å². The van der Waals surface area contributed by atoms with Crippen molar-refractivity contribution in [3.8, 4) is 0 Å². The summed E-state index contributed by atoms with van der Waals surface area (Å²) in [5.74, 6) is 1.21. The Labute approximate surface area is 170 Å². The van der Waals surface area contributed by atoms with Crippen LogP contribution in [-0.4, -0.2) is 5.25 Å². The third-order valence-electron chi connectivity index (χ3n) is 6.02. The van der Waals surface area contributed by atoms with Crippen molar-refractivity contribution in [1.82, 2.24) is 0 Å². The monoisotopic (exact) mass is 472 g/mol. The molecule has 0 amide bonds. The molecule has 124 valence electrons. The molecule has 0 saturated carbocycles. The summed E-state index contributed by atoms with van der Waals surface area (Å²) >= 11 is 6.84. The van der Waals surface area contributed by atoms with Gasteiger partial charge < -0.3 is 0 Å². The summed E-state index contributed by atoms with van der Waals surface area (Å²) in [5.41, 5.74) is 6.39. The molecule has 2 aromatic carbocycles. The van der Waals surface area contributed by atoms with Gasteiger partial charge in [-0.3, -0.25) is 0 Å². The minimum Gasteiger partial charge on any atom is -0.121 e. The second-order valence-electron chi connectivity index (χ2n) is 7.23. The first-order chi connectivity index (χ1) is 12.3. The predicted octanol–water partition coefficient (Wildman–Crippen LogP) is 6.92. The molecule has 2 aliphatic carbocycles. The van der Waals surface area contributed by atoms with Crippen molar-refractivity contribution in [3.63, 3.8) is 0 Å². The highest BCUT2D eigenvalue weighted by molar-refractivity contribution is 14.1. The lowest BCUT2D eigenvalue weighted by atomic mass is 9.70. The van der Waals surface area contributed by atoms with E-state index in [2.05, 4.69) is 101 Å². The van der Waals surface area contributed by atoms with Crippen molar-refractivity contribution >= 4 is 46.1 Å². The van der Waals surface area contributed by atoms with Crippen LogP contribution in [0.15, 0.2) is 70.0 Å². The maximum absolute atomic E-state index is 2.52. The zero-order chi connectivity index (χ0) is 16.5. The number of halogens is 1. The Morgan fingerprint density at radius 2 is 1.76 bits per heavy atom. The number of hydrogen-bond donors (Lipinski definition) is 0. The topological polar surface area (TPSA) is 0 Å². The van der Waals surface area contributed by atoms with E-state index in [1.165, 1.54) is 21.3 Å². The fraction of sp³-hybridized carbons (Fsp3) is 0.273. The van der Waals surface area contributed by atoms with Crippen LogP contribution in [0.5, 0.6) is 0 Å². The fourth-order valence-electron chi connectivity index (χ4n) is 5.04. The molecular formula is C22H17IS2. The van der Waals surface area contributed by atoms with Crippen molar-refractivity contribution in [2.24, 2.45) is 5.92 Å². The molecule has 0 radical (unpaired) electrons. The van der Waals surface area contributed by atoms with E-state index in [4.69, 9.17) is 0 Å². The number of allylic oxidation sites excluding steroid dienone is 4. The summed E-state index contributed by atoms with van der Waals surface area (Å²) in [6.07, 6.45) is 7.31. The largest absolute Gasteiger partial charge is 0.121 e. The molecule has 0 fully saturated rings. The van der Waals surface area contributed by atoms with Crippen LogP contribution >= 0.6 is 46.1 Å². The molecule has 4 atom stereocenters. The van der Waals surface area contributed by atoms with Gasteiger partial charge in [-0.25, -0.2) is 0 Å². The van der Waals surface area contributed by atoms with Gasteiger partial charge in [0.1, 0.15) is 0 Å². The standard InChI is InChI=1S/C22H17IS2/c23-16-10-5-9-15-18-12-6-1-2-7-13(12)21-19(22(18)25-20(15)16)14-8-3-4-11-17(14)24-21/h1-3,5-10,18-19,21-22H,4,11H2/t18-,19?,21?,22?/m0/s1. The molecule has 4 aliphatic rings. The third-order valence-corrected chi connectivity index (χ3v) is 10.3. The smallest absolute Gasteiger partial charge is 0.0424 e. The van der Waals surface area contributed by atoms with E-state index < -0.39 is 0 Å². The lowest BCUT2D eigenvalue weighted by molar-refractivity contribution is 0.512. The zero-order valence-corrected chi connectivity index (χ0v) is 17.4. The van der Waals surface area contributed by atoms with Crippen molar-refractivity contribution in [3.05, 3.63) is 85.4 Å². The fourth-order valence-corrected chi connectivity index (χ4v) is 9.39. The maximum Gasteiger partial charge on any atom is 0.0424 e. The summed E-state index contributed by atoms with van der Waals surface area (Å²) in [5, 5.41) is 1.26. The number of rotatable bonds is 0. The Kier molecular flexibility index (Phi) is 3.50. The Bertz CT molecular complexity index is 958. The molecule has 0 N–H and O–H groups in total. The van der Waals surface area contributed by atoms with Crippen molar-refractivity contribution in [2.75, 3.05) is 0 Å². The first-order valence-corrected chi connectivity index (χ1v) is 11.8. The number of hydrogen-bond acceptors (Lipinski definition) is 2. The van der Waals surface area contributed by atoms with Crippen LogP contribution < -0.4 is 0 Å². The van der Waals surface area contributed by atoms with Crippen molar-refractivity contribution < 1.29 is 0 Å². The van der Waals surface area contributed by atoms with Crippen LogP contribution in [0.4, 0.5) is 0 Å². The van der Waals surface area contributed by atoms with Crippen molar-refractivity contribution in [2.45, 2.75) is 34.2 Å². The molecule has 0 nitrogen and oxygen atoms in total. The van der Waals surface area contributed by atoms with Gasteiger partial charge in [-0.2, -0.15) is 0 Å². The third kappa shape index (κ3) is 2.09. The van der Waals surface area contributed by atoms with E-state index in [0.29, 0.717) is 22.3 Å². The van der Waals surface area contributed by atoms with E-state index in [1.54, 1.807) is 27.2 Å². The molecule has 2 heterocycles. The molecule has 2 aliphatic heterocycles. The molecule has 0 bridgehead atoms. The minimum atomic E-state index is 0.551. The number of thioether (sulfide) groups is 2. The van der Waals surface area contributed by atoms with Gasteiger partial charge >= 0.3 is 0 Å². The molecular weight excluding hydrogens is 455 g/mol. The van der Waals surface area contributed by atoms with Crippen LogP contribution in [0.3, 0.4) is 0 Å². The van der Waals surface area contributed by atoms with Gasteiger partial charge in [0.2, 0.25) is 0 Å². The van der Waals surface area contributed by atoms with Crippen LogP contribution in [-0.2, 0) is 0 Å². The molecule has 25 heavy (non-hydrogen) atoms. The molecule has 0 saturated heterocycles. The number of fused-ring (bicyclic) bond motifs is 9. The van der Waals surface area contributed by atoms with E-state index >= 15 is 0 Å². The Balaban J connectivity index is 1.60. The molecule has 3 unspecified atom stereocenters. The van der Waals surface area contributed by atoms with Gasteiger partial charge in [-0.15, -0.1) is 23.5 Å². The lowest BCUT2D eigenvalue weighted by Crippen LogP contribution is -2.31. The van der Waals surface area contributed by atoms with Gasteiger partial charge in [0.25, 0.3) is 0 Å². The van der Waals surface area contributed by atoms with Gasteiger partial charge in [-0.05, 0) is 68.7 Å². The molecule has 6 rings (SSSR count). The second-order valence-corrected chi connectivity index (χ2v) is 10.8. The zero-order valence-electron chi connectivity index (χ0n) is 13.6. The maximum atomic E-state index is 2.52. The van der Waals surface area contributed by atoms with Gasteiger partial charge in [0, 0.05) is 30.8 Å². The number of benzene rings is 2.